The summed E-state index contributed by atoms with van der Waals surface area (Å²) >= 11 is 1.75. The van der Waals surface area contributed by atoms with E-state index in [0.29, 0.717) is 0 Å². The lowest BCUT2D eigenvalue weighted by molar-refractivity contribution is 0.629. The Labute approximate surface area is 179 Å². The van der Waals surface area contributed by atoms with Gasteiger partial charge < -0.3 is 15.6 Å². The second-order valence-electron chi connectivity index (χ2n) is 6.17. The number of H-pyrrole nitrogens is 1. The predicted molar refractivity (Wildman–Crippen MR) is 122 cm³/mol. The van der Waals surface area contributed by atoms with Gasteiger partial charge in [0.1, 0.15) is 5.82 Å². The van der Waals surface area contributed by atoms with Crippen molar-refractivity contribution in [1.29, 1.82) is 0 Å². The van der Waals surface area contributed by atoms with E-state index >= 15 is 0 Å². The van der Waals surface area contributed by atoms with Crippen molar-refractivity contribution in [2.45, 2.75) is 26.7 Å². The fourth-order valence-electron chi connectivity index (χ4n) is 2.99. The zero-order valence-electron chi connectivity index (χ0n) is 15.7. The third-order valence-electron chi connectivity index (χ3n) is 4.28. The molecular weight excluding hydrogens is 476 g/mol. The van der Waals surface area contributed by atoms with Crippen LogP contribution in [0, 0.1) is 19.7 Å². The summed E-state index contributed by atoms with van der Waals surface area (Å²) in [6.07, 6.45) is 3.66. The second-order valence-corrected chi connectivity index (χ2v) is 7.46. The Bertz CT molecular complexity index is 918. The number of halogens is 2. The highest BCUT2D eigenvalue weighted by Gasteiger charge is 2.07. The predicted octanol–water partition coefficient (Wildman–Crippen LogP) is 3.95. The van der Waals surface area contributed by atoms with E-state index in [1.165, 1.54) is 10.9 Å². The minimum absolute atomic E-state index is 0. The summed E-state index contributed by atoms with van der Waals surface area (Å²) in [5.41, 5.74) is 3.17. The van der Waals surface area contributed by atoms with Crippen LogP contribution < -0.4 is 10.6 Å². The van der Waals surface area contributed by atoms with Crippen LogP contribution in [0.2, 0.25) is 0 Å². The van der Waals surface area contributed by atoms with Crippen LogP contribution in [0.15, 0.2) is 29.4 Å². The fraction of sp³-hybridized carbons (Fsp3) is 0.368. The molecule has 0 fully saturated rings. The molecule has 3 N–H and O–H groups in total. The van der Waals surface area contributed by atoms with E-state index in [-0.39, 0.29) is 29.8 Å². The molecule has 2 heterocycles. The van der Waals surface area contributed by atoms with Gasteiger partial charge in [0.2, 0.25) is 0 Å². The lowest BCUT2D eigenvalue weighted by Gasteiger charge is -2.11. The number of nitrogens with one attached hydrogen (secondary N) is 3. The maximum absolute atomic E-state index is 13.4. The molecule has 2 aromatic heterocycles. The number of guanidine groups is 1. The van der Waals surface area contributed by atoms with Crippen LogP contribution in [-0.2, 0) is 12.8 Å². The van der Waals surface area contributed by atoms with Gasteiger partial charge in [-0.3, -0.25) is 4.99 Å². The Morgan fingerprint density at radius 3 is 2.63 bits per heavy atom. The molecule has 8 heteroatoms. The number of aromatic nitrogens is 2. The third kappa shape index (κ3) is 5.65. The number of aryl methyl sites for hydroxylation is 2. The smallest absolute Gasteiger partial charge is 0.190 e. The Kier molecular flexibility index (Phi) is 8.03. The summed E-state index contributed by atoms with van der Waals surface area (Å²) in [4.78, 5) is 13.2. The van der Waals surface area contributed by atoms with Gasteiger partial charge in [-0.1, -0.05) is 0 Å². The highest BCUT2D eigenvalue weighted by molar-refractivity contribution is 14.0. The first-order valence-corrected chi connectivity index (χ1v) is 9.51. The van der Waals surface area contributed by atoms with Crippen molar-refractivity contribution >= 4 is 52.2 Å². The molecule has 0 atom stereocenters. The van der Waals surface area contributed by atoms with Gasteiger partial charge in [-0.15, -0.1) is 35.3 Å². The first kappa shape index (κ1) is 21.6. The van der Waals surface area contributed by atoms with E-state index in [9.17, 15) is 4.39 Å². The number of aliphatic imine (C=N–C) groups is 1. The van der Waals surface area contributed by atoms with Gasteiger partial charge in [0.25, 0.3) is 0 Å². The molecule has 0 saturated heterocycles. The minimum Gasteiger partial charge on any atom is -0.361 e. The van der Waals surface area contributed by atoms with Crippen molar-refractivity contribution in [2.24, 2.45) is 4.99 Å². The Morgan fingerprint density at radius 1 is 1.22 bits per heavy atom. The Hall–Kier alpha value is -1.68. The molecule has 0 aliphatic heterocycles. The van der Waals surface area contributed by atoms with Gasteiger partial charge in [0, 0.05) is 48.5 Å². The molecule has 0 radical (unpaired) electrons. The third-order valence-corrected chi connectivity index (χ3v) is 5.42. The highest BCUT2D eigenvalue weighted by Crippen LogP contribution is 2.19. The van der Waals surface area contributed by atoms with Crippen LogP contribution in [0.3, 0.4) is 0 Å². The number of hydrogen-bond donors (Lipinski definition) is 3. The fourth-order valence-corrected chi connectivity index (χ4v) is 3.93. The molecule has 146 valence electrons. The lowest BCUT2D eigenvalue weighted by atomic mass is 10.1. The van der Waals surface area contributed by atoms with Gasteiger partial charge in [-0.25, -0.2) is 9.37 Å². The molecule has 3 rings (SSSR count). The first-order valence-electron chi connectivity index (χ1n) is 8.69. The van der Waals surface area contributed by atoms with E-state index in [0.717, 1.165) is 59.1 Å². The van der Waals surface area contributed by atoms with Gasteiger partial charge in [-0.2, -0.15) is 0 Å². The number of nitrogens with zero attached hydrogens (tertiary/aromatic N) is 2. The van der Waals surface area contributed by atoms with Gasteiger partial charge >= 0.3 is 0 Å². The summed E-state index contributed by atoms with van der Waals surface area (Å²) in [5.74, 6) is 0.562. The van der Waals surface area contributed by atoms with E-state index in [4.69, 9.17) is 0 Å². The summed E-state index contributed by atoms with van der Waals surface area (Å²) < 4.78 is 13.4. The molecule has 1 aromatic carbocycles. The van der Waals surface area contributed by atoms with Crippen molar-refractivity contribution < 1.29 is 4.39 Å². The summed E-state index contributed by atoms with van der Waals surface area (Å²) in [6, 6.07) is 4.82. The molecular formula is C19H25FIN5S. The maximum Gasteiger partial charge on any atom is 0.190 e. The van der Waals surface area contributed by atoms with E-state index < -0.39 is 0 Å². The molecule has 0 saturated carbocycles. The summed E-state index contributed by atoms with van der Waals surface area (Å²) in [7, 11) is 1.76. The molecule has 0 amide bonds. The Morgan fingerprint density at radius 2 is 1.96 bits per heavy atom. The van der Waals surface area contributed by atoms with Crippen molar-refractivity contribution in [2.75, 3.05) is 20.1 Å². The van der Waals surface area contributed by atoms with Gasteiger partial charge in [0.15, 0.2) is 5.96 Å². The van der Waals surface area contributed by atoms with Gasteiger partial charge in [-0.05, 0) is 44.0 Å². The quantitative estimate of drug-likeness (QED) is 0.272. The molecule has 0 unspecified atom stereocenters. The van der Waals surface area contributed by atoms with Crippen LogP contribution in [0.4, 0.5) is 4.39 Å². The standard InChI is InChI=1S/C19H24FN5S.HI/c1-12-18(26-13(2)25-12)7-9-23-19(21-3)22-8-6-14-11-24-17-5-4-15(20)10-16(14)17;/h4-5,10-11,24H,6-9H2,1-3H3,(H2,21,22,23);1H. The van der Waals surface area contributed by atoms with Crippen molar-refractivity contribution in [1.82, 2.24) is 20.6 Å². The van der Waals surface area contributed by atoms with Crippen LogP contribution in [0.5, 0.6) is 0 Å². The maximum atomic E-state index is 13.4. The number of benzene rings is 1. The monoisotopic (exact) mass is 501 g/mol. The molecule has 0 aliphatic rings. The zero-order chi connectivity index (χ0) is 18.5. The van der Waals surface area contributed by atoms with Crippen LogP contribution in [0.1, 0.15) is 21.1 Å². The largest absolute Gasteiger partial charge is 0.361 e. The van der Waals surface area contributed by atoms with E-state index in [1.807, 2.05) is 13.1 Å². The van der Waals surface area contributed by atoms with Crippen molar-refractivity contribution in [3.63, 3.8) is 0 Å². The molecule has 0 spiro atoms. The summed E-state index contributed by atoms with van der Waals surface area (Å²) in [5, 5.41) is 8.69. The molecule has 3 aromatic rings. The normalized spacial score (nSPS) is 11.5. The number of aromatic amines is 1. The minimum atomic E-state index is -0.211. The zero-order valence-corrected chi connectivity index (χ0v) is 18.9. The van der Waals surface area contributed by atoms with Crippen LogP contribution in [-0.4, -0.2) is 36.1 Å². The highest BCUT2D eigenvalue weighted by atomic mass is 127. The number of fused-ring (bicyclic) bond motifs is 1. The van der Waals surface area contributed by atoms with Crippen molar-refractivity contribution in [3.8, 4) is 0 Å². The molecule has 27 heavy (non-hydrogen) atoms. The topological polar surface area (TPSA) is 65.1 Å². The molecule has 0 aliphatic carbocycles. The van der Waals surface area contributed by atoms with Crippen LogP contribution >= 0.6 is 35.3 Å². The van der Waals surface area contributed by atoms with E-state index in [2.05, 4.69) is 32.5 Å². The average molecular weight is 501 g/mol. The van der Waals surface area contributed by atoms with Gasteiger partial charge in [0.05, 0.1) is 10.7 Å². The van der Waals surface area contributed by atoms with E-state index in [1.54, 1.807) is 30.5 Å². The Balaban J connectivity index is 0.00000261. The second kappa shape index (κ2) is 10.0. The average Bonchev–Trinajstić information content (AvgIpc) is 3.15. The molecule has 0 bridgehead atoms. The van der Waals surface area contributed by atoms with Crippen molar-refractivity contribution in [3.05, 3.63) is 51.4 Å². The lowest BCUT2D eigenvalue weighted by Crippen LogP contribution is -2.39. The summed E-state index contributed by atoms with van der Waals surface area (Å²) in [6.45, 7) is 5.61. The number of rotatable bonds is 6. The molecule has 5 nitrogen and oxygen atoms in total. The SMILES string of the molecule is CN=C(NCCc1sc(C)nc1C)NCCc1c[nH]c2ccc(F)cc12.I. The van der Waals surface area contributed by atoms with Crippen LogP contribution in [0.25, 0.3) is 10.9 Å². The number of thiazole rings is 1. The first-order chi connectivity index (χ1) is 12.6. The number of hydrogen-bond acceptors (Lipinski definition) is 3.